The van der Waals surface area contributed by atoms with E-state index in [0.717, 1.165) is 10.0 Å². The number of nitrogens with zero attached hydrogens (tertiary/aromatic N) is 1. The Morgan fingerprint density at radius 2 is 1.95 bits per heavy atom. The molecule has 22 heavy (non-hydrogen) atoms. The average Bonchev–Trinajstić information content (AvgIpc) is 2.54. The summed E-state index contributed by atoms with van der Waals surface area (Å²) in [4.78, 5) is 16.7. The van der Waals surface area contributed by atoms with Gasteiger partial charge in [0.15, 0.2) is 6.61 Å². The number of carbonyl (C=O) groups is 1. The Hall–Kier alpha value is -2.34. The van der Waals surface area contributed by atoms with E-state index in [1.165, 1.54) is 0 Å². The summed E-state index contributed by atoms with van der Waals surface area (Å²) in [6, 6.07) is 14.7. The van der Waals surface area contributed by atoms with Gasteiger partial charge in [-0.05, 0) is 29.8 Å². The summed E-state index contributed by atoms with van der Waals surface area (Å²) in [6.45, 7) is -0.176. The van der Waals surface area contributed by atoms with Crippen LogP contribution in [0.4, 0.5) is 5.69 Å². The van der Waals surface area contributed by atoms with Crippen molar-refractivity contribution < 1.29 is 14.4 Å². The third-order valence-electron chi connectivity index (χ3n) is 2.72. The van der Waals surface area contributed by atoms with Crippen molar-refractivity contribution in [2.45, 2.75) is 0 Å². The van der Waals surface area contributed by atoms with Crippen LogP contribution in [0.2, 0.25) is 0 Å². The van der Waals surface area contributed by atoms with Gasteiger partial charge in [-0.1, -0.05) is 45.4 Å². The molecule has 0 fully saturated rings. The topological polar surface area (TPSA) is 59.9 Å². The number of ether oxygens (including phenoxy) is 1. The number of amides is 1. The van der Waals surface area contributed by atoms with E-state index in [0.29, 0.717) is 11.4 Å². The molecule has 0 saturated carbocycles. The Bertz CT molecular complexity index is 657. The van der Waals surface area contributed by atoms with Gasteiger partial charge in [-0.2, -0.15) is 0 Å². The lowest BCUT2D eigenvalue weighted by molar-refractivity contribution is -0.120. The normalized spacial score (nSPS) is 10.5. The molecule has 0 radical (unpaired) electrons. The van der Waals surface area contributed by atoms with Gasteiger partial charge < -0.3 is 14.9 Å². The second-order valence-corrected chi connectivity index (χ2v) is 5.22. The van der Waals surface area contributed by atoms with E-state index in [4.69, 9.17) is 9.57 Å². The molecule has 0 aromatic heterocycles. The summed E-state index contributed by atoms with van der Waals surface area (Å²) >= 11 is 3.35. The Morgan fingerprint density at radius 3 is 2.68 bits per heavy atom. The molecule has 0 aliphatic rings. The molecule has 0 atom stereocenters. The van der Waals surface area contributed by atoms with Crippen molar-refractivity contribution in [3.8, 4) is 5.75 Å². The van der Waals surface area contributed by atoms with Gasteiger partial charge in [-0.25, -0.2) is 0 Å². The van der Waals surface area contributed by atoms with E-state index >= 15 is 0 Å². The fourth-order valence-electron chi connectivity index (χ4n) is 1.68. The van der Waals surface area contributed by atoms with Crippen LogP contribution in [0.25, 0.3) is 0 Å². The Labute approximate surface area is 137 Å². The number of benzene rings is 2. The predicted molar refractivity (Wildman–Crippen MR) is 89.3 cm³/mol. The molecule has 5 nitrogen and oxygen atoms in total. The quantitative estimate of drug-likeness (QED) is 0.632. The van der Waals surface area contributed by atoms with E-state index < -0.39 is 0 Å². The average molecular weight is 363 g/mol. The van der Waals surface area contributed by atoms with Gasteiger partial charge in [0.25, 0.3) is 5.91 Å². The number of para-hydroxylation sites is 2. The zero-order chi connectivity index (χ0) is 15.8. The van der Waals surface area contributed by atoms with Crippen molar-refractivity contribution in [3.63, 3.8) is 0 Å². The summed E-state index contributed by atoms with van der Waals surface area (Å²) in [5.41, 5.74) is 1.48. The lowest BCUT2D eigenvalue weighted by Crippen LogP contribution is -2.17. The fraction of sp³-hybridized carbons (Fsp3) is 0.125. The fourth-order valence-corrected chi connectivity index (χ4v) is 1.94. The number of methoxy groups -OCH3 is 1. The van der Waals surface area contributed by atoms with E-state index in [-0.39, 0.29) is 12.5 Å². The molecule has 2 aromatic carbocycles. The van der Waals surface area contributed by atoms with Crippen molar-refractivity contribution in [1.82, 2.24) is 0 Å². The van der Waals surface area contributed by atoms with Gasteiger partial charge in [0, 0.05) is 4.47 Å². The number of halogens is 1. The zero-order valence-corrected chi connectivity index (χ0v) is 13.5. The molecule has 6 heteroatoms. The summed E-state index contributed by atoms with van der Waals surface area (Å²) in [5.74, 6) is 0.284. The molecule has 2 aromatic rings. The van der Waals surface area contributed by atoms with Gasteiger partial charge in [-0.15, -0.1) is 0 Å². The van der Waals surface area contributed by atoms with Crippen LogP contribution in [0.5, 0.6) is 5.75 Å². The van der Waals surface area contributed by atoms with Crippen LogP contribution in [-0.4, -0.2) is 25.8 Å². The summed E-state index contributed by atoms with van der Waals surface area (Å²) in [6.07, 6.45) is 1.54. The first-order chi connectivity index (χ1) is 10.7. The van der Waals surface area contributed by atoms with Crippen LogP contribution < -0.4 is 10.1 Å². The highest BCUT2D eigenvalue weighted by Crippen LogP contribution is 2.22. The van der Waals surface area contributed by atoms with Gasteiger partial charge in [0.05, 0.1) is 19.0 Å². The molecular formula is C16H15BrN2O3. The molecular weight excluding hydrogens is 348 g/mol. The molecule has 114 valence electrons. The van der Waals surface area contributed by atoms with Crippen molar-refractivity contribution in [1.29, 1.82) is 0 Å². The van der Waals surface area contributed by atoms with Crippen molar-refractivity contribution in [2.24, 2.45) is 5.16 Å². The molecule has 0 spiro atoms. The highest BCUT2D eigenvalue weighted by molar-refractivity contribution is 9.10. The van der Waals surface area contributed by atoms with Crippen molar-refractivity contribution in [3.05, 3.63) is 58.6 Å². The maximum atomic E-state index is 11.8. The van der Waals surface area contributed by atoms with Gasteiger partial charge in [0.2, 0.25) is 0 Å². The zero-order valence-electron chi connectivity index (χ0n) is 12.0. The first-order valence-corrected chi connectivity index (χ1v) is 7.32. The van der Waals surface area contributed by atoms with Crippen LogP contribution in [0.1, 0.15) is 5.56 Å². The van der Waals surface area contributed by atoms with E-state index in [9.17, 15) is 4.79 Å². The molecule has 0 aliphatic carbocycles. The largest absolute Gasteiger partial charge is 0.495 e. The Morgan fingerprint density at radius 1 is 1.23 bits per heavy atom. The Balaban J connectivity index is 1.81. The lowest BCUT2D eigenvalue weighted by atomic mass is 10.2. The smallest absolute Gasteiger partial charge is 0.265 e. The number of anilines is 1. The predicted octanol–water partition coefficient (Wildman–Crippen LogP) is 3.45. The highest BCUT2D eigenvalue weighted by Gasteiger charge is 2.06. The minimum absolute atomic E-state index is 0.176. The standard InChI is InChI=1S/C16H15BrN2O3/c1-21-15-5-3-2-4-14(15)19-16(20)11-22-18-10-12-6-8-13(17)9-7-12/h2-10H,11H2,1H3,(H,19,20)/b18-10-. The molecule has 0 heterocycles. The molecule has 1 N–H and O–H groups in total. The van der Waals surface area contributed by atoms with E-state index in [2.05, 4.69) is 26.4 Å². The highest BCUT2D eigenvalue weighted by atomic mass is 79.9. The molecule has 0 unspecified atom stereocenters. The van der Waals surface area contributed by atoms with Crippen LogP contribution in [0, 0.1) is 0 Å². The maximum Gasteiger partial charge on any atom is 0.265 e. The minimum Gasteiger partial charge on any atom is -0.495 e. The number of rotatable bonds is 6. The molecule has 0 aliphatic heterocycles. The van der Waals surface area contributed by atoms with Gasteiger partial charge >= 0.3 is 0 Å². The monoisotopic (exact) mass is 362 g/mol. The lowest BCUT2D eigenvalue weighted by Gasteiger charge is -2.08. The van der Waals surface area contributed by atoms with Crippen LogP contribution in [-0.2, 0) is 9.63 Å². The first-order valence-electron chi connectivity index (χ1n) is 6.53. The number of nitrogens with one attached hydrogen (secondary N) is 1. The van der Waals surface area contributed by atoms with Crippen LogP contribution in [0.3, 0.4) is 0 Å². The summed E-state index contributed by atoms with van der Waals surface area (Å²) in [5, 5.41) is 6.46. The van der Waals surface area contributed by atoms with Gasteiger partial charge in [0.1, 0.15) is 5.75 Å². The van der Waals surface area contributed by atoms with Gasteiger partial charge in [-0.3, -0.25) is 4.79 Å². The van der Waals surface area contributed by atoms with Crippen LogP contribution in [0.15, 0.2) is 58.2 Å². The molecule has 0 bridgehead atoms. The third kappa shape index (κ3) is 4.89. The van der Waals surface area contributed by atoms with E-state index in [1.807, 2.05) is 36.4 Å². The maximum absolute atomic E-state index is 11.8. The number of hydrogen-bond acceptors (Lipinski definition) is 4. The first kappa shape index (κ1) is 16.0. The number of oxime groups is 1. The Kier molecular flexibility index (Phi) is 5.97. The summed E-state index contributed by atoms with van der Waals surface area (Å²) < 4.78 is 6.14. The minimum atomic E-state index is -0.308. The number of carbonyl (C=O) groups excluding carboxylic acids is 1. The van der Waals surface area contributed by atoms with E-state index in [1.54, 1.807) is 25.5 Å². The summed E-state index contributed by atoms with van der Waals surface area (Å²) in [7, 11) is 1.55. The third-order valence-corrected chi connectivity index (χ3v) is 3.25. The van der Waals surface area contributed by atoms with Crippen molar-refractivity contribution in [2.75, 3.05) is 19.0 Å². The van der Waals surface area contributed by atoms with Crippen LogP contribution >= 0.6 is 15.9 Å². The SMILES string of the molecule is COc1ccccc1NC(=O)CO/N=C\c1ccc(Br)cc1. The molecule has 0 saturated heterocycles. The molecule has 2 rings (SSSR count). The molecule has 1 amide bonds. The van der Waals surface area contributed by atoms with Crippen molar-refractivity contribution >= 4 is 33.7 Å². The second kappa shape index (κ2) is 8.19. The number of hydrogen-bond donors (Lipinski definition) is 1. The second-order valence-electron chi connectivity index (χ2n) is 4.31.